The van der Waals surface area contributed by atoms with Crippen molar-refractivity contribution in [1.82, 2.24) is 15.4 Å². The van der Waals surface area contributed by atoms with E-state index in [1.165, 1.54) is 48.5 Å². The lowest BCUT2D eigenvalue weighted by atomic mass is 9.89. The molecule has 1 aliphatic heterocycles. The molecule has 1 N–H and O–H groups in total. The number of allylic oxidation sites excluding steroid dienone is 1. The third-order valence-corrected chi connectivity index (χ3v) is 6.70. The van der Waals surface area contributed by atoms with Crippen LogP contribution in [0.15, 0.2) is 70.6 Å². The molecule has 2 heterocycles. The number of rotatable bonds is 5. The fraction of sp³-hybridized carbons (Fsp3) is 0.222. The number of likely N-dealkylation sites (N-methyl/N-ethyl adjacent to an activating group) is 1. The number of ketones is 1. The summed E-state index contributed by atoms with van der Waals surface area (Å²) in [5.41, 5.74) is 0.562. The Kier molecular flexibility index (Phi) is 6.43. The number of alkyl halides is 3. The summed E-state index contributed by atoms with van der Waals surface area (Å²) in [5, 5.41) is 15.9. The zero-order chi connectivity index (χ0) is 27.9. The Bertz CT molecular complexity index is 1560. The molecule has 1 aromatic heterocycles. The molecule has 198 valence electrons. The molecule has 2 aromatic carbocycles. The number of amides is 3. The molecule has 0 fully saturated rings. The Morgan fingerprint density at radius 2 is 1.97 bits per heavy atom. The largest absolute Gasteiger partial charge is 0.416 e. The van der Waals surface area contributed by atoms with Crippen molar-refractivity contribution >= 4 is 23.4 Å². The maximum atomic E-state index is 13.7. The van der Waals surface area contributed by atoms with Gasteiger partial charge in [0.05, 0.1) is 35.5 Å². The number of aromatic nitrogens is 1. The Hall–Kier alpha value is -4.92. The Morgan fingerprint density at radius 1 is 1.18 bits per heavy atom. The lowest BCUT2D eigenvalue weighted by molar-refractivity contribution is -0.137. The van der Waals surface area contributed by atoms with E-state index in [2.05, 4.69) is 10.5 Å². The molecule has 3 amide bonds. The van der Waals surface area contributed by atoms with E-state index in [1.54, 1.807) is 6.07 Å². The third-order valence-electron chi connectivity index (χ3n) is 6.70. The van der Waals surface area contributed by atoms with Crippen LogP contribution < -0.4 is 10.2 Å². The zero-order valence-corrected chi connectivity index (χ0v) is 20.5. The molecule has 0 bridgehead atoms. The molecule has 1 unspecified atom stereocenters. The first-order valence-electron chi connectivity index (χ1n) is 11.8. The second kappa shape index (κ2) is 9.75. The van der Waals surface area contributed by atoms with Crippen molar-refractivity contribution in [3.8, 4) is 6.07 Å². The van der Waals surface area contributed by atoms with Crippen molar-refractivity contribution < 1.29 is 32.1 Å². The molecular weight excluding hydrogens is 515 g/mol. The van der Waals surface area contributed by atoms with Crippen LogP contribution in [-0.4, -0.2) is 34.8 Å². The van der Waals surface area contributed by atoms with Crippen LogP contribution in [-0.2, 0) is 17.5 Å². The number of benzene rings is 2. The highest BCUT2D eigenvalue weighted by Gasteiger charge is 2.45. The molecule has 0 spiro atoms. The average Bonchev–Trinajstić information content (AvgIpc) is 3.58. The lowest BCUT2D eigenvalue weighted by Gasteiger charge is -2.41. The maximum absolute atomic E-state index is 13.7. The van der Waals surface area contributed by atoms with Crippen LogP contribution in [0.25, 0.3) is 0 Å². The van der Waals surface area contributed by atoms with Gasteiger partial charge in [0.25, 0.3) is 5.91 Å². The SMILES string of the molecule is CN1C(=O)N(c2cccc(C(F)(F)F)c2)C2=C(C(=O)CC2)C1c1ccc(C#N)cc1C(=O)NCc1ccon1. The number of hydrogen-bond donors (Lipinski definition) is 1. The van der Waals surface area contributed by atoms with Crippen molar-refractivity contribution in [3.05, 3.63) is 94.0 Å². The van der Waals surface area contributed by atoms with E-state index in [1.807, 2.05) is 6.07 Å². The van der Waals surface area contributed by atoms with Crippen molar-refractivity contribution in [2.24, 2.45) is 0 Å². The Morgan fingerprint density at radius 3 is 2.67 bits per heavy atom. The summed E-state index contributed by atoms with van der Waals surface area (Å²) in [6.45, 7) is 0.0290. The first kappa shape index (κ1) is 25.7. The Labute approximate surface area is 220 Å². The number of hydrogen-bond acceptors (Lipinski definition) is 6. The van der Waals surface area contributed by atoms with Crippen LogP contribution in [0.5, 0.6) is 0 Å². The van der Waals surface area contributed by atoms with Crippen LogP contribution in [0.4, 0.5) is 23.7 Å². The molecule has 9 nitrogen and oxygen atoms in total. The monoisotopic (exact) mass is 535 g/mol. The summed E-state index contributed by atoms with van der Waals surface area (Å²) in [4.78, 5) is 42.4. The predicted molar refractivity (Wildman–Crippen MR) is 130 cm³/mol. The number of nitrogens with one attached hydrogen (secondary N) is 1. The second-order valence-corrected chi connectivity index (χ2v) is 9.05. The van der Waals surface area contributed by atoms with Gasteiger partial charge >= 0.3 is 12.2 Å². The summed E-state index contributed by atoms with van der Waals surface area (Å²) >= 11 is 0. The van der Waals surface area contributed by atoms with Crippen LogP contribution in [0.1, 0.15) is 51.6 Å². The number of Topliss-reactive ketones (excluding diaryl/α,β-unsaturated/α-hetero) is 1. The van der Waals surface area contributed by atoms with Gasteiger partial charge in [-0.1, -0.05) is 17.3 Å². The van der Waals surface area contributed by atoms with Crippen molar-refractivity contribution in [2.45, 2.75) is 31.6 Å². The number of carbonyl (C=O) groups excluding carboxylic acids is 3. The summed E-state index contributed by atoms with van der Waals surface area (Å²) in [7, 11) is 1.41. The van der Waals surface area contributed by atoms with E-state index >= 15 is 0 Å². The van der Waals surface area contributed by atoms with Crippen LogP contribution in [0.3, 0.4) is 0 Å². The molecule has 12 heteroatoms. The van der Waals surface area contributed by atoms with E-state index in [9.17, 15) is 32.8 Å². The quantitative estimate of drug-likeness (QED) is 0.505. The van der Waals surface area contributed by atoms with Crippen LogP contribution >= 0.6 is 0 Å². The normalized spacial score (nSPS) is 17.4. The smallest absolute Gasteiger partial charge is 0.364 e. The van der Waals surface area contributed by atoms with Gasteiger partial charge in [-0.05, 0) is 42.3 Å². The van der Waals surface area contributed by atoms with Gasteiger partial charge in [0, 0.05) is 36.4 Å². The van der Waals surface area contributed by atoms with E-state index in [0.717, 1.165) is 17.0 Å². The molecule has 1 aliphatic carbocycles. The molecule has 0 saturated heterocycles. The number of carbonyl (C=O) groups is 3. The molecular formula is C27H20F3N5O4. The number of anilines is 1. The summed E-state index contributed by atoms with van der Waals surface area (Å²) in [6, 6.07) is 10.6. The lowest BCUT2D eigenvalue weighted by Crippen LogP contribution is -2.48. The van der Waals surface area contributed by atoms with Crippen molar-refractivity contribution in [2.75, 3.05) is 11.9 Å². The summed E-state index contributed by atoms with van der Waals surface area (Å²) < 4.78 is 45.0. The van der Waals surface area contributed by atoms with Gasteiger partial charge in [-0.25, -0.2) is 4.79 Å². The van der Waals surface area contributed by atoms with Gasteiger partial charge in [-0.15, -0.1) is 0 Å². The van der Waals surface area contributed by atoms with E-state index < -0.39 is 29.7 Å². The highest BCUT2D eigenvalue weighted by molar-refractivity contribution is 6.09. The van der Waals surface area contributed by atoms with Gasteiger partial charge in [-0.3, -0.25) is 14.5 Å². The van der Waals surface area contributed by atoms with Gasteiger partial charge in [0.2, 0.25) is 0 Å². The molecule has 0 saturated carbocycles. The minimum atomic E-state index is -4.62. The predicted octanol–water partition coefficient (Wildman–Crippen LogP) is 4.73. The minimum absolute atomic E-state index is 0.0206. The van der Waals surface area contributed by atoms with Crippen LogP contribution in [0, 0.1) is 11.3 Å². The summed E-state index contributed by atoms with van der Waals surface area (Å²) in [5.74, 6) is -0.858. The first-order chi connectivity index (χ1) is 18.6. The zero-order valence-electron chi connectivity index (χ0n) is 20.5. The molecule has 1 atom stereocenters. The standard InChI is InChI=1S/C27H20F3N5O4/c1-34-24(19-6-5-15(13-31)11-20(19)25(37)32-14-17-9-10-39-33-17)23-21(7-8-22(23)36)35(26(34)38)18-4-2-3-16(12-18)27(28,29)30/h2-6,9-12,24H,7-8,14H2,1H3,(H,32,37). The Balaban J connectivity index is 1.60. The van der Waals surface area contributed by atoms with E-state index in [4.69, 9.17) is 4.52 Å². The van der Waals surface area contributed by atoms with Crippen LogP contribution in [0.2, 0.25) is 0 Å². The van der Waals surface area contributed by atoms with Gasteiger partial charge in [0.15, 0.2) is 5.78 Å². The molecule has 5 rings (SSSR count). The number of nitrogens with zero attached hydrogens (tertiary/aromatic N) is 4. The molecule has 3 aromatic rings. The fourth-order valence-corrected chi connectivity index (χ4v) is 4.89. The molecule has 0 radical (unpaired) electrons. The maximum Gasteiger partial charge on any atom is 0.416 e. The third kappa shape index (κ3) is 4.63. The average molecular weight is 535 g/mol. The molecule has 2 aliphatic rings. The highest BCUT2D eigenvalue weighted by atomic mass is 19.4. The van der Waals surface area contributed by atoms with Gasteiger partial charge in [-0.2, -0.15) is 18.4 Å². The van der Waals surface area contributed by atoms with Crippen molar-refractivity contribution in [1.29, 1.82) is 5.26 Å². The fourth-order valence-electron chi connectivity index (χ4n) is 4.89. The summed E-state index contributed by atoms with van der Waals surface area (Å²) in [6.07, 6.45) is -3.07. The van der Waals surface area contributed by atoms with Gasteiger partial charge in [0.1, 0.15) is 12.0 Å². The van der Waals surface area contributed by atoms with Crippen molar-refractivity contribution in [3.63, 3.8) is 0 Å². The van der Waals surface area contributed by atoms with E-state index in [-0.39, 0.29) is 53.3 Å². The number of urea groups is 1. The molecule has 39 heavy (non-hydrogen) atoms. The van der Waals surface area contributed by atoms with Gasteiger partial charge < -0.3 is 14.7 Å². The number of nitriles is 1. The first-order valence-corrected chi connectivity index (χ1v) is 11.8. The highest BCUT2D eigenvalue weighted by Crippen LogP contribution is 2.45. The topological polar surface area (TPSA) is 120 Å². The minimum Gasteiger partial charge on any atom is -0.364 e. The number of halogens is 3. The van der Waals surface area contributed by atoms with E-state index in [0.29, 0.717) is 11.3 Å². The second-order valence-electron chi connectivity index (χ2n) is 9.05.